The van der Waals surface area contributed by atoms with Gasteiger partial charge in [-0.1, -0.05) is 30.3 Å². The minimum absolute atomic E-state index is 0.320. The summed E-state index contributed by atoms with van der Waals surface area (Å²) in [7, 11) is 0. The average molecular weight is 502 g/mol. The number of quaternary nitrogens is 1. The van der Waals surface area contributed by atoms with Gasteiger partial charge in [-0.25, -0.2) is 0 Å². The first-order valence-electron chi connectivity index (χ1n) is 13.1. The number of amides is 1. The van der Waals surface area contributed by atoms with Gasteiger partial charge in [-0.2, -0.15) is 5.26 Å². The lowest BCUT2D eigenvalue weighted by molar-refractivity contribution is -0.605. The van der Waals surface area contributed by atoms with Crippen LogP contribution in [0.2, 0.25) is 0 Å². The van der Waals surface area contributed by atoms with Crippen LogP contribution in [0.5, 0.6) is 0 Å². The summed E-state index contributed by atoms with van der Waals surface area (Å²) in [5.74, 6) is -0.341. The van der Waals surface area contributed by atoms with Crippen LogP contribution in [0.4, 0.5) is 11.4 Å². The van der Waals surface area contributed by atoms with Crippen LogP contribution >= 0.6 is 0 Å². The molecule has 0 radical (unpaired) electrons. The summed E-state index contributed by atoms with van der Waals surface area (Å²) >= 11 is 0. The number of nitrogens with zero attached hydrogens (tertiary/aromatic N) is 3. The fourth-order valence-corrected chi connectivity index (χ4v) is 5.16. The third-order valence-electron chi connectivity index (χ3n) is 7.28. The molecule has 0 unspecified atom stereocenters. The van der Waals surface area contributed by atoms with Crippen molar-refractivity contribution in [2.24, 2.45) is 0 Å². The summed E-state index contributed by atoms with van der Waals surface area (Å²) in [6, 6.07) is 18.6. The zero-order chi connectivity index (χ0) is 26.0. The summed E-state index contributed by atoms with van der Waals surface area (Å²) in [5, 5.41) is 22.5. The molecule has 8 nitrogen and oxygen atoms in total. The van der Waals surface area contributed by atoms with Gasteiger partial charge in [0.2, 0.25) is 0 Å². The third kappa shape index (κ3) is 7.04. The van der Waals surface area contributed by atoms with Crippen LogP contribution in [0.3, 0.4) is 0 Å². The number of nitrogens with one attached hydrogen (secondary N) is 2. The smallest absolute Gasteiger partial charge is 0.262 e. The second-order valence-corrected chi connectivity index (χ2v) is 9.63. The molecule has 194 valence electrons. The molecule has 2 heterocycles. The number of piperidine rings is 1. The highest BCUT2D eigenvalue weighted by atomic mass is 16.5. The highest BCUT2D eigenvalue weighted by Gasteiger charge is 2.27. The summed E-state index contributed by atoms with van der Waals surface area (Å²) < 4.78 is 5.48. The molecule has 2 aromatic rings. The number of carbonyl (C=O) groups excluding carboxylic acids is 1. The lowest BCUT2D eigenvalue weighted by Gasteiger charge is -2.41. The SMILES string of the molecule is C/C([NH2+]CCc1ccccc1)=C(/C=N)C(=O)Nc1ccc(N2CCC(N3CCOCC3)CC2)c(C#N)c1. The van der Waals surface area contributed by atoms with Crippen LogP contribution in [-0.2, 0) is 16.0 Å². The van der Waals surface area contributed by atoms with Gasteiger partial charge in [0, 0.05) is 57.5 Å². The van der Waals surface area contributed by atoms with Crippen molar-refractivity contribution in [2.45, 2.75) is 32.2 Å². The van der Waals surface area contributed by atoms with Gasteiger partial charge < -0.3 is 25.7 Å². The van der Waals surface area contributed by atoms with Crippen LogP contribution in [0.15, 0.2) is 59.8 Å². The van der Waals surface area contributed by atoms with Crippen molar-refractivity contribution in [2.75, 3.05) is 56.2 Å². The summed E-state index contributed by atoms with van der Waals surface area (Å²) in [4.78, 5) is 17.7. The first-order chi connectivity index (χ1) is 18.1. The van der Waals surface area contributed by atoms with Crippen LogP contribution in [0, 0.1) is 16.7 Å². The van der Waals surface area contributed by atoms with E-state index in [1.54, 1.807) is 6.07 Å². The Balaban J connectivity index is 1.35. The molecular weight excluding hydrogens is 464 g/mol. The second-order valence-electron chi connectivity index (χ2n) is 9.63. The van der Waals surface area contributed by atoms with Gasteiger partial charge in [-0.3, -0.25) is 9.69 Å². The number of morpholine rings is 1. The number of hydrogen-bond donors (Lipinski definition) is 3. The highest BCUT2D eigenvalue weighted by molar-refractivity contribution is 6.17. The molecule has 8 heteroatoms. The van der Waals surface area contributed by atoms with Gasteiger partial charge in [0.1, 0.15) is 17.3 Å². The van der Waals surface area contributed by atoms with Crippen molar-refractivity contribution < 1.29 is 14.8 Å². The molecule has 0 saturated carbocycles. The van der Waals surface area contributed by atoms with E-state index in [1.165, 1.54) is 5.56 Å². The predicted molar refractivity (Wildman–Crippen MR) is 146 cm³/mol. The van der Waals surface area contributed by atoms with Crippen molar-refractivity contribution in [3.05, 3.63) is 70.9 Å². The quantitative estimate of drug-likeness (QED) is 0.361. The first-order valence-corrected chi connectivity index (χ1v) is 13.1. The molecule has 2 saturated heterocycles. The molecule has 2 aliphatic rings. The molecule has 2 aliphatic heterocycles. The molecule has 4 rings (SSSR count). The average Bonchev–Trinajstić information content (AvgIpc) is 2.94. The van der Waals surface area contributed by atoms with Crippen molar-refractivity contribution in [1.82, 2.24) is 4.90 Å². The largest absolute Gasteiger partial charge is 0.379 e. The van der Waals surface area contributed by atoms with Crippen molar-refractivity contribution in [3.63, 3.8) is 0 Å². The molecule has 0 aliphatic carbocycles. The van der Waals surface area contributed by atoms with Crippen LogP contribution < -0.4 is 15.5 Å². The van der Waals surface area contributed by atoms with E-state index in [0.717, 1.165) is 82.8 Å². The standard InChI is InChI=1S/C29H36N6O2/c1-22(32-12-9-23-5-3-2-4-6-23)27(21-31)29(36)33-25-7-8-28(24(19-25)20-30)35-13-10-26(11-14-35)34-15-17-37-18-16-34/h2-8,19,21,26,31-32H,9-18H2,1H3,(H,33,36)/p+1/b27-22+,31-21?. The van der Waals surface area contributed by atoms with E-state index < -0.39 is 0 Å². The van der Waals surface area contributed by atoms with Crippen molar-refractivity contribution in [3.8, 4) is 6.07 Å². The summed E-state index contributed by atoms with van der Waals surface area (Å²) in [6.45, 7) is 8.07. The lowest BCUT2D eigenvalue weighted by atomic mass is 10.0. The molecule has 37 heavy (non-hydrogen) atoms. The number of benzene rings is 2. The van der Waals surface area contributed by atoms with E-state index in [0.29, 0.717) is 22.9 Å². The van der Waals surface area contributed by atoms with Gasteiger partial charge >= 0.3 is 0 Å². The van der Waals surface area contributed by atoms with E-state index in [-0.39, 0.29) is 5.91 Å². The minimum atomic E-state index is -0.341. The van der Waals surface area contributed by atoms with E-state index >= 15 is 0 Å². The minimum Gasteiger partial charge on any atom is -0.379 e. The molecular formula is C29H37N6O2+. The van der Waals surface area contributed by atoms with Gasteiger partial charge in [0.25, 0.3) is 5.91 Å². The Bertz CT molecular complexity index is 1140. The molecule has 0 bridgehead atoms. The molecule has 0 atom stereocenters. The van der Waals surface area contributed by atoms with Gasteiger partial charge in [0.15, 0.2) is 0 Å². The summed E-state index contributed by atoms with van der Waals surface area (Å²) in [5.41, 5.74) is 4.35. The number of nitrogens with two attached hydrogens (primary N) is 1. The summed E-state index contributed by atoms with van der Waals surface area (Å²) in [6.07, 6.45) is 4.11. The molecule has 0 aromatic heterocycles. The van der Waals surface area contributed by atoms with Crippen molar-refractivity contribution in [1.29, 1.82) is 10.7 Å². The monoisotopic (exact) mass is 501 g/mol. The maximum atomic E-state index is 12.9. The third-order valence-corrected chi connectivity index (χ3v) is 7.28. The van der Waals surface area contributed by atoms with Gasteiger partial charge in [-0.15, -0.1) is 0 Å². The fourth-order valence-electron chi connectivity index (χ4n) is 5.16. The Kier molecular flexibility index (Phi) is 9.44. The number of carbonyl (C=O) groups is 1. The molecule has 0 spiro atoms. The van der Waals surface area contributed by atoms with Crippen molar-refractivity contribution >= 4 is 23.5 Å². The molecule has 4 N–H and O–H groups in total. The number of anilines is 2. The maximum Gasteiger partial charge on any atom is 0.262 e. The Hall–Kier alpha value is -3.51. The normalized spacial score (nSPS) is 17.6. The predicted octanol–water partition coefficient (Wildman–Crippen LogP) is 2.53. The van der Waals surface area contributed by atoms with Gasteiger partial charge in [-0.05, 0) is 36.6 Å². The molecule has 2 fully saturated rings. The van der Waals surface area contributed by atoms with E-state index in [9.17, 15) is 10.1 Å². The second kappa shape index (κ2) is 13.2. The topological polar surface area (TPSA) is 109 Å². The lowest BCUT2D eigenvalue weighted by Crippen LogP contribution is -2.82. The van der Waals surface area contributed by atoms with Crippen LogP contribution in [-0.4, -0.2) is 69.0 Å². The van der Waals surface area contributed by atoms with Gasteiger partial charge in [0.05, 0.1) is 31.0 Å². The zero-order valence-electron chi connectivity index (χ0n) is 21.6. The highest BCUT2D eigenvalue weighted by Crippen LogP contribution is 2.28. The van der Waals surface area contributed by atoms with Crippen LogP contribution in [0.25, 0.3) is 0 Å². The number of allylic oxidation sites excluding steroid dienone is 1. The first kappa shape index (κ1) is 26.6. The molecule has 1 amide bonds. The van der Waals surface area contributed by atoms with E-state index in [2.05, 4.69) is 33.3 Å². The number of ether oxygens (including phenoxy) is 1. The van der Waals surface area contributed by atoms with E-state index in [1.807, 2.05) is 42.6 Å². The fraction of sp³-hybridized carbons (Fsp3) is 0.414. The number of nitriles is 1. The Morgan fingerprint density at radius 2 is 1.89 bits per heavy atom. The number of hydrogen-bond acceptors (Lipinski definition) is 6. The maximum absolute atomic E-state index is 12.9. The Labute approximate surface area is 219 Å². The van der Waals surface area contributed by atoms with Crippen LogP contribution in [0.1, 0.15) is 30.9 Å². The zero-order valence-corrected chi connectivity index (χ0v) is 21.6. The Morgan fingerprint density at radius 3 is 2.57 bits per heavy atom. The number of rotatable bonds is 9. The Morgan fingerprint density at radius 1 is 1.16 bits per heavy atom. The molecule has 2 aromatic carbocycles. The van der Waals surface area contributed by atoms with E-state index in [4.69, 9.17) is 10.1 Å².